The van der Waals surface area contributed by atoms with E-state index in [4.69, 9.17) is 4.74 Å². The molecule has 3 aromatic carbocycles. The van der Waals surface area contributed by atoms with Crippen molar-refractivity contribution in [2.45, 2.75) is 51.2 Å². The normalized spacial score (nSPS) is 12.1. The van der Waals surface area contributed by atoms with Crippen LogP contribution in [0.2, 0.25) is 0 Å². The second-order valence-electron chi connectivity index (χ2n) is 9.21. The minimum Gasteiger partial charge on any atom is -0.492 e. The molecule has 0 radical (unpaired) electrons. The highest BCUT2D eigenvalue weighted by atomic mass is 79.9. The molecule has 1 N–H and O–H groups in total. The first-order valence-electron chi connectivity index (χ1n) is 12.7. The summed E-state index contributed by atoms with van der Waals surface area (Å²) in [6, 6.07) is 21.0. The van der Waals surface area contributed by atoms with Gasteiger partial charge < -0.3 is 15.0 Å². The minimum absolute atomic E-state index is 0.0363. The SMILES string of the molecule is CCOc1ccccc1N(CC(=O)N(Cc1ccc(Br)cc1)C(C)C(=O)NC(C)C)S(=O)(=O)c1ccccc1. The van der Waals surface area contributed by atoms with Crippen LogP contribution in [0.3, 0.4) is 0 Å². The van der Waals surface area contributed by atoms with Crippen molar-refractivity contribution in [3.8, 4) is 5.75 Å². The maximum atomic E-state index is 14.0. The highest BCUT2D eigenvalue weighted by molar-refractivity contribution is 9.10. The van der Waals surface area contributed by atoms with Crippen LogP contribution >= 0.6 is 15.9 Å². The van der Waals surface area contributed by atoms with Crippen LogP contribution < -0.4 is 14.4 Å². The van der Waals surface area contributed by atoms with Crippen LogP contribution in [0.5, 0.6) is 5.75 Å². The van der Waals surface area contributed by atoms with Crippen LogP contribution in [0.15, 0.2) is 88.2 Å². The highest BCUT2D eigenvalue weighted by Gasteiger charge is 2.33. The molecule has 0 heterocycles. The molecule has 3 rings (SSSR count). The summed E-state index contributed by atoms with van der Waals surface area (Å²) < 4.78 is 35.5. The molecule has 10 heteroatoms. The summed E-state index contributed by atoms with van der Waals surface area (Å²) in [5.74, 6) is -0.532. The molecule has 1 atom stereocenters. The van der Waals surface area contributed by atoms with Gasteiger partial charge in [0, 0.05) is 17.1 Å². The Hall–Kier alpha value is -3.37. The van der Waals surface area contributed by atoms with E-state index in [0.717, 1.165) is 14.3 Å². The average Bonchev–Trinajstić information content (AvgIpc) is 2.91. The van der Waals surface area contributed by atoms with Gasteiger partial charge in [0.1, 0.15) is 18.3 Å². The van der Waals surface area contributed by atoms with Gasteiger partial charge in [0.25, 0.3) is 10.0 Å². The van der Waals surface area contributed by atoms with Crippen LogP contribution in [-0.2, 0) is 26.2 Å². The van der Waals surface area contributed by atoms with E-state index < -0.39 is 28.5 Å². The number of carbonyl (C=O) groups is 2. The topological polar surface area (TPSA) is 96.0 Å². The van der Waals surface area contributed by atoms with Crippen molar-refractivity contribution in [3.63, 3.8) is 0 Å². The number of nitrogens with one attached hydrogen (secondary N) is 1. The Kier molecular flexibility index (Phi) is 10.5. The lowest BCUT2D eigenvalue weighted by Gasteiger charge is -2.32. The third-order valence-electron chi connectivity index (χ3n) is 5.91. The third-order valence-corrected chi connectivity index (χ3v) is 8.21. The summed E-state index contributed by atoms with van der Waals surface area (Å²) in [6.07, 6.45) is 0. The van der Waals surface area contributed by atoms with Crippen LogP contribution in [-0.4, -0.2) is 50.4 Å². The van der Waals surface area contributed by atoms with Crippen molar-refractivity contribution in [2.75, 3.05) is 17.5 Å². The number of ether oxygens (including phenoxy) is 1. The number of amides is 2. The number of hydrogen-bond donors (Lipinski definition) is 1. The summed E-state index contributed by atoms with van der Waals surface area (Å²) >= 11 is 3.41. The van der Waals surface area contributed by atoms with Gasteiger partial charge in [-0.25, -0.2) is 8.42 Å². The van der Waals surface area contributed by atoms with Gasteiger partial charge in [-0.2, -0.15) is 0 Å². The molecule has 0 fully saturated rings. The zero-order valence-corrected chi connectivity index (χ0v) is 24.9. The molecule has 0 spiro atoms. The molecular weight excluding hydrogens is 582 g/mol. The molecule has 0 bridgehead atoms. The molecule has 0 saturated heterocycles. The summed E-state index contributed by atoms with van der Waals surface area (Å²) in [6.45, 7) is 7.01. The second-order valence-corrected chi connectivity index (χ2v) is 12.0. The molecule has 39 heavy (non-hydrogen) atoms. The van der Waals surface area contributed by atoms with Crippen molar-refractivity contribution in [2.24, 2.45) is 0 Å². The first kappa shape index (κ1) is 30.2. The Morgan fingerprint density at radius 1 is 0.923 bits per heavy atom. The molecule has 208 valence electrons. The van der Waals surface area contributed by atoms with Gasteiger partial charge >= 0.3 is 0 Å². The van der Waals surface area contributed by atoms with E-state index in [0.29, 0.717) is 12.4 Å². The van der Waals surface area contributed by atoms with E-state index in [9.17, 15) is 18.0 Å². The zero-order chi connectivity index (χ0) is 28.6. The van der Waals surface area contributed by atoms with Crippen molar-refractivity contribution in [1.29, 1.82) is 0 Å². The highest BCUT2D eigenvalue weighted by Crippen LogP contribution is 2.33. The molecule has 2 amide bonds. The summed E-state index contributed by atoms with van der Waals surface area (Å²) in [5.41, 5.74) is 1.03. The molecule has 3 aromatic rings. The quantitative estimate of drug-likeness (QED) is 0.310. The summed E-state index contributed by atoms with van der Waals surface area (Å²) in [5, 5.41) is 2.85. The molecule has 0 aromatic heterocycles. The Labute approximate surface area is 239 Å². The molecule has 0 aliphatic rings. The lowest BCUT2D eigenvalue weighted by Crippen LogP contribution is -2.52. The Morgan fingerprint density at radius 2 is 1.54 bits per heavy atom. The van der Waals surface area contributed by atoms with Gasteiger partial charge in [0.2, 0.25) is 11.8 Å². The number of halogens is 1. The fourth-order valence-corrected chi connectivity index (χ4v) is 5.66. The van der Waals surface area contributed by atoms with Gasteiger partial charge in [0.15, 0.2) is 0 Å². The van der Waals surface area contributed by atoms with Crippen LogP contribution in [0.4, 0.5) is 5.69 Å². The number of para-hydroxylation sites is 2. The Morgan fingerprint density at radius 3 is 2.15 bits per heavy atom. The number of sulfonamides is 1. The Balaban J connectivity index is 2.06. The smallest absolute Gasteiger partial charge is 0.264 e. The fourth-order valence-electron chi connectivity index (χ4n) is 3.95. The van der Waals surface area contributed by atoms with E-state index in [-0.39, 0.29) is 29.1 Å². The summed E-state index contributed by atoms with van der Waals surface area (Å²) in [7, 11) is -4.17. The van der Waals surface area contributed by atoms with Crippen molar-refractivity contribution in [1.82, 2.24) is 10.2 Å². The van der Waals surface area contributed by atoms with Crippen LogP contribution in [0.25, 0.3) is 0 Å². The predicted octanol–water partition coefficient (Wildman–Crippen LogP) is 4.99. The molecule has 0 aliphatic heterocycles. The molecular formula is C29H34BrN3O5S. The number of benzene rings is 3. The van der Waals surface area contributed by atoms with Crippen LogP contribution in [0.1, 0.15) is 33.3 Å². The largest absolute Gasteiger partial charge is 0.492 e. The standard InChI is InChI=1S/C29H34BrN3O5S/c1-5-38-27-14-10-9-13-26(27)33(39(36,37)25-11-7-6-8-12-25)20-28(34)32(22(4)29(35)31-21(2)3)19-23-15-17-24(30)18-16-23/h6-18,21-22H,5,19-20H2,1-4H3,(H,31,35). The van der Waals surface area contributed by atoms with Crippen LogP contribution in [0, 0.1) is 0 Å². The fraction of sp³-hybridized carbons (Fsp3) is 0.310. The maximum absolute atomic E-state index is 14.0. The summed E-state index contributed by atoms with van der Waals surface area (Å²) in [4.78, 5) is 28.4. The first-order chi connectivity index (χ1) is 18.5. The van der Waals surface area contributed by atoms with E-state index in [1.165, 1.54) is 17.0 Å². The first-order valence-corrected chi connectivity index (χ1v) is 14.9. The Bertz CT molecular complexity index is 1370. The average molecular weight is 617 g/mol. The predicted molar refractivity (Wildman–Crippen MR) is 156 cm³/mol. The number of rotatable bonds is 12. The minimum atomic E-state index is -4.17. The van der Waals surface area contributed by atoms with Gasteiger partial charge in [-0.05, 0) is 69.7 Å². The van der Waals surface area contributed by atoms with Gasteiger partial charge in [0.05, 0.1) is 17.2 Å². The van der Waals surface area contributed by atoms with Crippen molar-refractivity contribution >= 4 is 43.5 Å². The lowest BCUT2D eigenvalue weighted by molar-refractivity contribution is -0.139. The van der Waals surface area contributed by atoms with E-state index in [1.807, 2.05) is 38.1 Å². The molecule has 0 aliphatic carbocycles. The van der Waals surface area contributed by atoms with Gasteiger partial charge in [-0.15, -0.1) is 0 Å². The van der Waals surface area contributed by atoms with E-state index in [1.54, 1.807) is 56.3 Å². The molecule has 8 nitrogen and oxygen atoms in total. The third kappa shape index (κ3) is 7.83. The van der Waals surface area contributed by atoms with Gasteiger partial charge in [-0.3, -0.25) is 13.9 Å². The molecule has 0 saturated carbocycles. The number of nitrogens with zero attached hydrogens (tertiary/aromatic N) is 2. The lowest BCUT2D eigenvalue weighted by atomic mass is 10.1. The van der Waals surface area contributed by atoms with Crippen molar-refractivity contribution < 1.29 is 22.7 Å². The zero-order valence-electron chi connectivity index (χ0n) is 22.5. The number of hydrogen-bond acceptors (Lipinski definition) is 5. The number of carbonyl (C=O) groups excluding carboxylic acids is 2. The van der Waals surface area contributed by atoms with E-state index >= 15 is 0 Å². The number of anilines is 1. The van der Waals surface area contributed by atoms with E-state index in [2.05, 4.69) is 21.2 Å². The van der Waals surface area contributed by atoms with Gasteiger partial charge in [-0.1, -0.05) is 58.4 Å². The second kappa shape index (κ2) is 13.6. The molecule has 1 unspecified atom stereocenters. The monoisotopic (exact) mass is 615 g/mol. The maximum Gasteiger partial charge on any atom is 0.264 e. The van der Waals surface area contributed by atoms with Crippen molar-refractivity contribution in [3.05, 3.63) is 88.9 Å².